The van der Waals surface area contributed by atoms with Gasteiger partial charge in [0.05, 0.1) is 11.9 Å². The molecule has 0 aliphatic heterocycles. The van der Waals surface area contributed by atoms with Gasteiger partial charge in [0.2, 0.25) is 11.8 Å². The van der Waals surface area contributed by atoms with E-state index in [0.29, 0.717) is 18.0 Å². The van der Waals surface area contributed by atoms with Crippen molar-refractivity contribution in [2.75, 3.05) is 0 Å². The molecule has 0 spiro atoms. The first-order valence-electron chi connectivity index (χ1n) is 8.85. The zero-order valence-electron chi connectivity index (χ0n) is 15.7. The summed E-state index contributed by atoms with van der Waals surface area (Å²) in [6.07, 6.45) is 3.12. The molecule has 7 nitrogen and oxygen atoms in total. The van der Waals surface area contributed by atoms with Crippen LogP contribution in [-0.4, -0.2) is 26.8 Å². The Hall–Kier alpha value is -2.74. The summed E-state index contributed by atoms with van der Waals surface area (Å²) in [5.41, 5.74) is 3.43. The first-order valence-corrected chi connectivity index (χ1v) is 9.26. The van der Waals surface area contributed by atoms with Crippen LogP contribution in [0, 0.1) is 4.77 Å². The number of carbonyl (C=O) groups is 1. The van der Waals surface area contributed by atoms with Gasteiger partial charge in [-0.15, -0.1) is 0 Å². The van der Waals surface area contributed by atoms with Gasteiger partial charge in [0.15, 0.2) is 4.77 Å². The molecule has 1 aromatic heterocycles. The third-order valence-electron chi connectivity index (χ3n) is 4.08. The number of nitrogens with zero attached hydrogens (tertiary/aromatic N) is 2. The first kappa shape index (κ1) is 20.6. The fourth-order valence-electron chi connectivity index (χ4n) is 2.46. The van der Waals surface area contributed by atoms with Crippen molar-refractivity contribution in [1.29, 1.82) is 0 Å². The Balaban J connectivity index is 2.35. The van der Waals surface area contributed by atoms with E-state index in [4.69, 9.17) is 12.2 Å². The highest BCUT2D eigenvalue weighted by Crippen LogP contribution is 2.21. The maximum Gasteiger partial charge on any atom is 0.264 e. The molecule has 1 heterocycles. The smallest absolute Gasteiger partial charge is 0.264 e. The van der Waals surface area contributed by atoms with Gasteiger partial charge in [0.1, 0.15) is 5.56 Å². The molecular weight excluding hydrogens is 364 g/mol. The van der Waals surface area contributed by atoms with Gasteiger partial charge in [0.25, 0.3) is 5.56 Å². The van der Waals surface area contributed by atoms with E-state index >= 15 is 0 Å². The number of benzene rings is 1. The molecular formula is C19H24N4O3S. The van der Waals surface area contributed by atoms with Crippen molar-refractivity contribution in [3.05, 3.63) is 50.5 Å². The first-order chi connectivity index (χ1) is 12.8. The number of amides is 1. The van der Waals surface area contributed by atoms with E-state index in [2.05, 4.69) is 29.4 Å². The molecule has 0 atom stereocenters. The standard InChI is InChI=1S/C19H24N4O3S/c1-4-5-6-16(24)22-20-11-15-17(25)21-19(27)23(18(15)26)14-9-7-13(8-10-14)12(2)3/h7-12,26H,4-6H2,1-3H3,(H,22,24)(H,21,25,27)/b20-11+. The summed E-state index contributed by atoms with van der Waals surface area (Å²) >= 11 is 5.19. The summed E-state index contributed by atoms with van der Waals surface area (Å²) in [5.74, 6) is -0.219. The molecule has 2 rings (SSSR count). The minimum Gasteiger partial charge on any atom is -0.494 e. The number of H-pyrrole nitrogens is 1. The zero-order valence-corrected chi connectivity index (χ0v) is 16.5. The molecule has 0 bridgehead atoms. The summed E-state index contributed by atoms with van der Waals surface area (Å²) in [5, 5.41) is 14.3. The second-order valence-corrected chi connectivity index (χ2v) is 6.86. The van der Waals surface area contributed by atoms with Crippen LogP contribution in [0.3, 0.4) is 0 Å². The van der Waals surface area contributed by atoms with E-state index in [1.165, 1.54) is 4.57 Å². The number of hydrazone groups is 1. The Labute approximate surface area is 162 Å². The highest BCUT2D eigenvalue weighted by molar-refractivity contribution is 7.71. The van der Waals surface area contributed by atoms with Crippen LogP contribution in [0.5, 0.6) is 5.88 Å². The van der Waals surface area contributed by atoms with Crippen molar-refractivity contribution >= 4 is 24.3 Å². The number of aromatic nitrogens is 2. The Kier molecular flexibility index (Phi) is 7.06. The lowest BCUT2D eigenvalue weighted by atomic mass is 10.0. The molecule has 8 heteroatoms. The van der Waals surface area contributed by atoms with E-state index < -0.39 is 5.56 Å². The van der Waals surface area contributed by atoms with Crippen molar-refractivity contribution in [2.24, 2.45) is 5.10 Å². The van der Waals surface area contributed by atoms with Crippen LogP contribution in [0.15, 0.2) is 34.2 Å². The highest BCUT2D eigenvalue weighted by Gasteiger charge is 2.13. The van der Waals surface area contributed by atoms with Gasteiger partial charge < -0.3 is 5.11 Å². The Bertz CT molecular complexity index is 943. The molecule has 144 valence electrons. The van der Waals surface area contributed by atoms with Gasteiger partial charge in [-0.1, -0.05) is 39.3 Å². The number of nitrogens with one attached hydrogen (secondary N) is 2. The van der Waals surface area contributed by atoms with Crippen molar-refractivity contribution in [3.8, 4) is 11.6 Å². The van der Waals surface area contributed by atoms with Crippen molar-refractivity contribution in [1.82, 2.24) is 15.0 Å². The summed E-state index contributed by atoms with van der Waals surface area (Å²) in [4.78, 5) is 26.2. The topological polar surface area (TPSA) is 99.5 Å². The molecule has 0 saturated heterocycles. The predicted molar refractivity (Wildman–Crippen MR) is 108 cm³/mol. The number of hydrogen-bond donors (Lipinski definition) is 3. The zero-order chi connectivity index (χ0) is 20.0. The lowest BCUT2D eigenvalue weighted by Gasteiger charge is -2.12. The Morgan fingerprint density at radius 2 is 2.04 bits per heavy atom. The minimum absolute atomic E-state index is 0.0685. The summed E-state index contributed by atoms with van der Waals surface area (Å²) in [6, 6.07) is 7.51. The number of rotatable bonds is 7. The number of carbonyl (C=O) groups excluding carboxylic acids is 1. The molecule has 27 heavy (non-hydrogen) atoms. The Morgan fingerprint density at radius 1 is 1.37 bits per heavy atom. The Morgan fingerprint density at radius 3 is 2.63 bits per heavy atom. The lowest BCUT2D eigenvalue weighted by molar-refractivity contribution is -0.121. The molecule has 0 saturated carbocycles. The van der Waals surface area contributed by atoms with Crippen molar-refractivity contribution < 1.29 is 9.90 Å². The van der Waals surface area contributed by atoms with Crippen LogP contribution in [0.1, 0.15) is 57.1 Å². The number of hydrogen-bond acceptors (Lipinski definition) is 5. The van der Waals surface area contributed by atoms with Crippen molar-refractivity contribution in [3.63, 3.8) is 0 Å². The maximum absolute atomic E-state index is 12.1. The number of unbranched alkanes of at least 4 members (excludes halogenated alkanes) is 1. The van der Waals surface area contributed by atoms with Crippen molar-refractivity contribution in [2.45, 2.75) is 46.0 Å². The largest absolute Gasteiger partial charge is 0.494 e. The third-order valence-corrected chi connectivity index (χ3v) is 4.36. The SMILES string of the molecule is CCCCC(=O)N/N=C/c1c(O)n(-c2ccc(C(C)C)cc2)c(=S)[nH]c1=O. The minimum atomic E-state index is -0.584. The molecule has 2 aromatic rings. The maximum atomic E-state index is 12.1. The predicted octanol–water partition coefficient (Wildman–Crippen LogP) is 3.36. The molecule has 3 N–H and O–H groups in total. The molecule has 0 radical (unpaired) electrons. The number of aromatic hydroxyl groups is 1. The van der Waals surface area contributed by atoms with Crippen LogP contribution >= 0.6 is 12.2 Å². The van der Waals surface area contributed by atoms with Gasteiger partial charge in [0, 0.05) is 6.42 Å². The summed E-state index contributed by atoms with van der Waals surface area (Å²) in [6.45, 7) is 6.15. The van der Waals surface area contributed by atoms with Gasteiger partial charge in [-0.05, 0) is 42.3 Å². The van der Waals surface area contributed by atoms with Crippen LogP contribution in [-0.2, 0) is 4.79 Å². The fraction of sp³-hybridized carbons (Fsp3) is 0.368. The molecule has 0 fully saturated rings. The monoisotopic (exact) mass is 388 g/mol. The van der Waals surface area contributed by atoms with Crippen LogP contribution < -0.4 is 11.0 Å². The summed E-state index contributed by atoms with van der Waals surface area (Å²) < 4.78 is 1.42. The van der Waals surface area contributed by atoms with Crippen LogP contribution in [0.4, 0.5) is 0 Å². The molecule has 0 aliphatic carbocycles. The average Bonchev–Trinajstić information content (AvgIpc) is 2.62. The molecule has 0 aliphatic rings. The normalized spacial score (nSPS) is 11.3. The second kappa shape index (κ2) is 9.27. The fourth-order valence-corrected chi connectivity index (χ4v) is 2.75. The quantitative estimate of drug-likeness (QED) is 0.385. The van der Waals surface area contributed by atoms with Gasteiger partial charge >= 0.3 is 0 Å². The molecule has 0 unspecified atom stereocenters. The lowest BCUT2D eigenvalue weighted by Crippen LogP contribution is -2.21. The molecule has 1 aromatic carbocycles. The highest BCUT2D eigenvalue weighted by atomic mass is 32.1. The summed E-state index contributed by atoms with van der Waals surface area (Å²) in [7, 11) is 0. The molecule has 1 amide bonds. The van der Waals surface area contributed by atoms with Gasteiger partial charge in [-0.25, -0.2) is 5.43 Å². The van der Waals surface area contributed by atoms with E-state index in [1.807, 2.05) is 31.2 Å². The number of aromatic amines is 1. The second-order valence-electron chi connectivity index (χ2n) is 6.47. The van der Waals surface area contributed by atoms with E-state index in [1.54, 1.807) is 0 Å². The van der Waals surface area contributed by atoms with E-state index in [9.17, 15) is 14.7 Å². The third kappa shape index (κ3) is 5.13. The van der Waals surface area contributed by atoms with Gasteiger partial charge in [-0.3, -0.25) is 19.1 Å². The van der Waals surface area contributed by atoms with E-state index in [-0.39, 0.29) is 22.1 Å². The van der Waals surface area contributed by atoms with Crippen LogP contribution in [0.2, 0.25) is 0 Å². The van der Waals surface area contributed by atoms with E-state index in [0.717, 1.165) is 24.6 Å². The van der Waals surface area contributed by atoms with Gasteiger partial charge in [-0.2, -0.15) is 5.10 Å². The average molecular weight is 388 g/mol. The van der Waals surface area contributed by atoms with Crippen LogP contribution in [0.25, 0.3) is 5.69 Å².